The van der Waals surface area contributed by atoms with Crippen LogP contribution in [-0.2, 0) is 14.6 Å². The standard InChI is InChI=1S/C17H19N4O9S/c1-30-17(23)13-4-2-3-6-19(13)15-10-12(18-5-8-31(28,29)9-7-22)14(20(24)25)11-16(15)21(26)27/h2-4,6,10-11,18,22H,5,7-9H2,1H3/q+1. The van der Waals surface area contributed by atoms with Crippen molar-refractivity contribution in [3.8, 4) is 5.69 Å². The highest BCUT2D eigenvalue weighted by atomic mass is 32.2. The van der Waals surface area contributed by atoms with Crippen molar-refractivity contribution < 1.29 is 37.5 Å². The molecule has 1 aromatic heterocycles. The van der Waals surface area contributed by atoms with Gasteiger partial charge in [-0.15, -0.1) is 4.57 Å². The van der Waals surface area contributed by atoms with Crippen LogP contribution in [0.1, 0.15) is 10.5 Å². The lowest BCUT2D eigenvalue weighted by Crippen LogP contribution is -2.38. The minimum absolute atomic E-state index is 0.0709. The van der Waals surface area contributed by atoms with Gasteiger partial charge in [-0.3, -0.25) is 20.2 Å². The molecule has 0 aliphatic carbocycles. The van der Waals surface area contributed by atoms with Crippen molar-refractivity contribution in [1.82, 2.24) is 0 Å². The van der Waals surface area contributed by atoms with Crippen molar-refractivity contribution in [3.05, 3.63) is 62.5 Å². The molecule has 0 spiro atoms. The van der Waals surface area contributed by atoms with Crippen LogP contribution in [0, 0.1) is 20.2 Å². The maximum Gasteiger partial charge on any atom is 0.403 e. The van der Waals surface area contributed by atoms with Gasteiger partial charge in [0.05, 0.1) is 35.1 Å². The van der Waals surface area contributed by atoms with E-state index in [0.29, 0.717) is 0 Å². The number of carbonyl (C=O) groups excluding carboxylic acids is 1. The molecule has 0 atom stereocenters. The second-order valence-corrected chi connectivity index (χ2v) is 8.43. The lowest BCUT2D eigenvalue weighted by Gasteiger charge is -2.09. The zero-order chi connectivity index (χ0) is 23.2. The number of aliphatic hydroxyl groups excluding tert-OH is 1. The van der Waals surface area contributed by atoms with Crippen molar-refractivity contribution in [2.24, 2.45) is 0 Å². The van der Waals surface area contributed by atoms with Crippen molar-refractivity contribution in [3.63, 3.8) is 0 Å². The third-order valence-electron chi connectivity index (χ3n) is 4.13. The van der Waals surface area contributed by atoms with Gasteiger partial charge < -0.3 is 15.2 Å². The van der Waals surface area contributed by atoms with Gasteiger partial charge in [-0.1, -0.05) is 0 Å². The van der Waals surface area contributed by atoms with Crippen molar-refractivity contribution >= 4 is 32.9 Å². The number of anilines is 1. The molecule has 0 bridgehead atoms. The molecule has 0 fully saturated rings. The number of nitro groups is 2. The first kappa shape index (κ1) is 23.6. The van der Waals surface area contributed by atoms with E-state index in [-0.39, 0.29) is 23.6 Å². The van der Waals surface area contributed by atoms with E-state index in [9.17, 15) is 33.4 Å². The molecule has 31 heavy (non-hydrogen) atoms. The Kier molecular flexibility index (Phi) is 7.55. The van der Waals surface area contributed by atoms with Crippen LogP contribution >= 0.6 is 0 Å². The van der Waals surface area contributed by atoms with Gasteiger partial charge in [0.2, 0.25) is 0 Å². The third-order valence-corrected chi connectivity index (χ3v) is 5.76. The Balaban J connectivity index is 2.59. The van der Waals surface area contributed by atoms with Gasteiger partial charge in [0.25, 0.3) is 17.1 Å². The van der Waals surface area contributed by atoms with E-state index < -0.39 is 55.1 Å². The summed E-state index contributed by atoms with van der Waals surface area (Å²) >= 11 is 0. The number of sulfone groups is 1. The molecule has 14 heteroatoms. The maximum absolute atomic E-state index is 12.1. The number of rotatable bonds is 10. The third kappa shape index (κ3) is 5.70. The smallest absolute Gasteiger partial charge is 0.403 e. The maximum atomic E-state index is 12.1. The second kappa shape index (κ2) is 9.90. The summed E-state index contributed by atoms with van der Waals surface area (Å²) in [5.74, 6) is -1.69. The van der Waals surface area contributed by atoms with E-state index in [1.807, 2.05) is 0 Å². The average molecular weight is 455 g/mol. The quantitative estimate of drug-likeness (QED) is 0.220. The predicted octanol–water partition coefficient (Wildman–Crippen LogP) is 0.385. The Morgan fingerprint density at radius 1 is 1.16 bits per heavy atom. The van der Waals surface area contributed by atoms with E-state index in [2.05, 4.69) is 10.1 Å². The van der Waals surface area contributed by atoms with E-state index in [1.165, 1.54) is 24.4 Å². The van der Waals surface area contributed by atoms with Crippen LogP contribution in [0.25, 0.3) is 5.69 Å². The number of aliphatic hydroxyl groups is 1. The van der Waals surface area contributed by atoms with Gasteiger partial charge in [-0.2, -0.15) is 0 Å². The molecule has 1 aromatic carbocycles. The van der Waals surface area contributed by atoms with Gasteiger partial charge >= 0.3 is 11.7 Å². The van der Waals surface area contributed by atoms with Crippen LogP contribution in [0.4, 0.5) is 17.1 Å². The largest absolute Gasteiger partial charge is 0.461 e. The van der Waals surface area contributed by atoms with Crippen LogP contribution in [-0.4, -0.2) is 61.1 Å². The highest BCUT2D eigenvalue weighted by Crippen LogP contribution is 2.33. The Morgan fingerprint density at radius 3 is 2.42 bits per heavy atom. The normalized spacial score (nSPS) is 11.0. The molecule has 0 saturated carbocycles. The Morgan fingerprint density at radius 2 is 1.84 bits per heavy atom. The summed E-state index contributed by atoms with van der Waals surface area (Å²) < 4.78 is 29.3. The number of esters is 1. The van der Waals surface area contributed by atoms with Crippen molar-refractivity contribution in [1.29, 1.82) is 0 Å². The first-order valence-electron chi connectivity index (χ1n) is 8.72. The fourth-order valence-corrected chi connectivity index (χ4v) is 3.60. The predicted molar refractivity (Wildman–Crippen MR) is 107 cm³/mol. The molecule has 2 aromatic rings. The summed E-state index contributed by atoms with van der Waals surface area (Å²) in [5, 5.41) is 34.4. The topological polar surface area (TPSA) is 183 Å². The SMILES string of the molecule is COC(=O)c1cccc[n+]1-c1cc(NCCS(=O)(=O)CCO)c([N+](=O)[O-])cc1[N+](=O)[O-]. The average Bonchev–Trinajstić information content (AvgIpc) is 2.72. The molecule has 2 rings (SSSR count). The molecule has 0 unspecified atom stereocenters. The summed E-state index contributed by atoms with van der Waals surface area (Å²) in [5.41, 5.74) is -1.72. The number of nitrogens with zero attached hydrogens (tertiary/aromatic N) is 3. The van der Waals surface area contributed by atoms with Crippen LogP contribution < -0.4 is 9.88 Å². The number of hydrogen-bond acceptors (Lipinski definition) is 10. The molecule has 0 aliphatic heterocycles. The molecular formula is C17H19N4O9S+. The van der Waals surface area contributed by atoms with Gasteiger partial charge in [0.1, 0.15) is 11.8 Å². The zero-order valence-electron chi connectivity index (χ0n) is 16.3. The minimum Gasteiger partial charge on any atom is -0.461 e. The number of nitro benzene ring substituents is 2. The van der Waals surface area contributed by atoms with E-state index in [1.54, 1.807) is 0 Å². The van der Waals surface area contributed by atoms with Gasteiger partial charge in [-0.25, -0.2) is 13.2 Å². The molecule has 0 radical (unpaired) electrons. The van der Waals surface area contributed by atoms with Crippen LogP contribution in [0.5, 0.6) is 0 Å². The number of carbonyl (C=O) groups is 1. The molecule has 0 amide bonds. The lowest BCUT2D eigenvalue weighted by atomic mass is 10.2. The van der Waals surface area contributed by atoms with Gasteiger partial charge in [-0.05, 0) is 6.07 Å². The van der Waals surface area contributed by atoms with Crippen LogP contribution in [0.2, 0.25) is 0 Å². The molecule has 0 saturated heterocycles. The number of methoxy groups -OCH3 is 1. The van der Waals surface area contributed by atoms with Crippen molar-refractivity contribution in [2.75, 3.05) is 37.1 Å². The summed E-state index contributed by atoms with van der Waals surface area (Å²) in [6, 6.07) is 6.16. The highest BCUT2D eigenvalue weighted by Gasteiger charge is 2.33. The van der Waals surface area contributed by atoms with E-state index >= 15 is 0 Å². The first-order chi connectivity index (χ1) is 14.6. The minimum atomic E-state index is -3.60. The number of ether oxygens (including phenoxy) is 1. The number of pyridine rings is 1. The van der Waals surface area contributed by atoms with Crippen molar-refractivity contribution in [2.45, 2.75) is 0 Å². The summed E-state index contributed by atoms with van der Waals surface area (Å²) in [6.07, 6.45) is 1.34. The Bertz CT molecular complexity index is 1120. The molecule has 13 nitrogen and oxygen atoms in total. The Labute approximate surface area is 176 Å². The van der Waals surface area contributed by atoms with E-state index in [4.69, 9.17) is 5.11 Å². The first-order valence-corrected chi connectivity index (χ1v) is 10.5. The molecule has 0 aliphatic rings. The number of aromatic nitrogens is 1. The second-order valence-electron chi connectivity index (χ2n) is 6.12. The molecule has 1 heterocycles. The zero-order valence-corrected chi connectivity index (χ0v) is 17.1. The molecule has 2 N–H and O–H groups in total. The monoisotopic (exact) mass is 455 g/mol. The lowest BCUT2D eigenvalue weighted by molar-refractivity contribution is -0.603. The fraction of sp³-hybridized carbons (Fsp3) is 0.294. The highest BCUT2D eigenvalue weighted by molar-refractivity contribution is 7.91. The van der Waals surface area contributed by atoms with Gasteiger partial charge in [0.15, 0.2) is 16.0 Å². The Hall–Kier alpha value is -3.65. The van der Waals surface area contributed by atoms with Crippen LogP contribution in [0.3, 0.4) is 0 Å². The van der Waals surface area contributed by atoms with Gasteiger partial charge in [0, 0.05) is 24.7 Å². The summed E-state index contributed by atoms with van der Waals surface area (Å²) in [7, 11) is -2.47. The molecular weight excluding hydrogens is 436 g/mol. The fourth-order valence-electron chi connectivity index (χ4n) is 2.70. The summed E-state index contributed by atoms with van der Waals surface area (Å²) in [4.78, 5) is 33.4. The van der Waals surface area contributed by atoms with E-state index in [0.717, 1.165) is 23.8 Å². The number of benzene rings is 1. The molecule has 166 valence electrons. The van der Waals surface area contributed by atoms with Crippen LogP contribution in [0.15, 0.2) is 36.5 Å². The number of hydrogen-bond donors (Lipinski definition) is 2. The number of nitrogens with one attached hydrogen (secondary N) is 1. The summed E-state index contributed by atoms with van der Waals surface area (Å²) in [6.45, 7) is -0.811.